The largest absolute Gasteiger partial charge is 0.481 e. The maximum atomic E-state index is 5.05. The molecule has 4 nitrogen and oxygen atoms in total. The SMILES string of the molecule is COc1ccnc(NCCc2ccccc2C)n1. The fraction of sp³-hybridized carbons (Fsp3) is 0.286. The highest BCUT2D eigenvalue weighted by Crippen LogP contribution is 2.09. The minimum Gasteiger partial charge on any atom is -0.481 e. The molecule has 0 amide bonds. The number of aryl methyl sites for hydroxylation is 1. The smallest absolute Gasteiger partial charge is 0.225 e. The first-order chi connectivity index (χ1) is 8.79. The maximum absolute atomic E-state index is 5.05. The van der Waals surface area contributed by atoms with Gasteiger partial charge in [-0.2, -0.15) is 4.98 Å². The second-order valence-corrected chi connectivity index (χ2v) is 4.03. The van der Waals surface area contributed by atoms with Gasteiger partial charge in [-0.3, -0.25) is 0 Å². The summed E-state index contributed by atoms with van der Waals surface area (Å²) < 4.78 is 5.05. The van der Waals surface area contributed by atoms with Gasteiger partial charge < -0.3 is 10.1 Å². The number of benzene rings is 1. The zero-order chi connectivity index (χ0) is 12.8. The summed E-state index contributed by atoms with van der Waals surface area (Å²) in [5.41, 5.74) is 2.65. The monoisotopic (exact) mass is 243 g/mol. The molecular formula is C14H17N3O. The average Bonchev–Trinajstić information content (AvgIpc) is 2.41. The van der Waals surface area contributed by atoms with Gasteiger partial charge in [-0.25, -0.2) is 4.98 Å². The Balaban J connectivity index is 1.90. The fourth-order valence-corrected chi connectivity index (χ4v) is 1.74. The van der Waals surface area contributed by atoms with E-state index in [2.05, 4.69) is 46.5 Å². The van der Waals surface area contributed by atoms with Crippen LogP contribution in [0.15, 0.2) is 36.5 Å². The van der Waals surface area contributed by atoms with E-state index in [0.29, 0.717) is 11.8 Å². The van der Waals surface area contributed by atoms with Gasteiger partial charge in [0.2, 0.25) is 11.8 Å². The van der Waals surface area contributed by atoms with Gasteiger partial charge in [0.25, 0.3) is 0 Å². The Bertz CT molecular complexity index is 514. The van der Waals surface area contributed by atoms with E-state index in [0.717, 1.165) is 13.0 Å². The quantitative estimate of drug-likeness (QED) is 0.876. The third-order valence-corrected chi connectivity index (χ3v) is 2.78. The highest BCUT2D eigenvalue weighted by Gasteiger charge is 2.00. The lowest BCUT2D eigenvalue weighted by molar-refractivity contribution is 0.397. The molecule has 0 fully saturated rings. The summed E-state index contributed by atoms with van der Waals surface area (Å²) in [6, 6.07) is 10.1. The fourth-order valence-electron chi connectivity index (χ4n) is 1.74. The van der Waals surface area contributed by atoms with Crippen molar-refractivity contribution in [1.82, 2.24) is 9.97 Å². The highest BCUT2D eigenvalue weighted by molar-refractivity contribution is 5.30. The second-order valence-electron chi connectivity index (χ2n) is 4.03. The Labute approximate surface area is 107 Å². The number of rotatable bonds is 5. The minimum absolute atomic E-state index is 0.573. The van der Waals surface area contributed by atoms with E-state index in [1.807, 2.05) is 0 Å². The standard InChI is InChI=1S/C14H17N3O/c1-11-5-3-4-6-12(11)7-9-15-14-16-10-8-13(17-14)18-2/h3-6,8,10H,7,9H2,1-2H3,(H,15,16,17). The third kappa shape index (κ3) is 3.20. The van der Waals surface area contributed by atoms with Crippen LogP contribution in [0.4, 0.5) is 5.95 Å². The summed E-state index contributed by atoms with van der Waals surface area (Å²) in [6.07, 6.45) is 2.63. The van der Waals surface area contributed by atoms with Crippen LogP contribution in [0, 0.1) is 6.92 Å². The zero-order valence-electron chi connectivity index (χ0n) is 10.7. The topological polar surface area (TPSA) is 47.0 Å². The molecule has 1 heterocycles. The summed E-state index contributed by atoms with van der Waals surface area (Å²) in [7, 11) is 1.60. The molecular weight excluding hydrogens is 226 g/mol. The van der Waals surface area contributed by atoms with Crippen LogP contribution < -0.4 is 10.1 Å². The Morgan fingerprint density at radius 1 is 1.22 bits per heavy atom. The molecule has 0 aliphatic carbocycles. The van der Waals surface area contributed by atoms with Crippen molar-refractivity contribution < 1.29 is 4.74 Å². The van der Waals surface area contributed by atoms with Gasteiger partial charge in [0.15, 0.2) is 0 Å². The zero-order valence-corrected chi connectivity index (χ0v) is 10.7. The highest BCUT2D eigenvalue weighted by atomic mass is 16.5. The van der Waals surface area contributed by atoms with Gasteiger partial charge in [0.1, 0.15) is 0 Å². The lowest BCUT2D eigenvalue weighted by Crippen LogP contribution is -2.08. The molecule has 1 aromatic heterocycles. The molecule has 94 valence electrons. The van der Waals surface area contributed by atoms with Crippen LogP contribution in [-0.4, -0.2) is 23.6 Å². The van der Waals surface area contributed by atoms with Crippen LogP contribution in [0.5, 0.6) is 5.88 Å². The van der Waals surface area contributed by atoms with E-state index in [-0.39, 0.29) is 0 Å². The van der Waals surface area contributed by atoms with E-state index in [1.165, 1.54) is 11.1 Å². The number of anilines is 1. The Kier molecular flexibility index (Phi) is 4.12. The summed E-state index contributed by atoms with van der Waals surface area (Å²) >= 11 is 0. The van der Waals surface area contributed by atoms with Crippen LogP contribution in [0.3, 0.4) is 0 Å². The van der Waals surface area contributed by atoms with E-state index in [9.17, 15) is 0 Å². The molecule has 0 aliphatic heterocycles. The number of aromatic nitrogens is 2. The lowest BCUT2D eigenvalue weighted by atomic mass is 10.1. The Morgan fingerprint density at radius 3 is 2.83 bits per heavy atom. The molecule has 0 atom stereocenters. The van der Waals surface area contributed by atoms with Gasteiger partial charge in [-0.05, 0) is 24.5 Å². The van der Waals surface area contributed by atoms with Crippen molar-refractivity contribution in [2.24, 2.45) is 0 Å². The molecule has 1 N–H and O–H groups in total. The molecule has 0 aliphatic rings. The molecule has 0 radical (unpaired) electrons. The molecule has 2 aromatic rings. The molecule has 0 saturated heterocycles. The van der Waals surface area contributed by atoms with E-state index < -0.39 is 0 Å². The molecule has 0 spiro atoms. The van der Waals surface area contributed by atoms with Gasteiger partial charge in [0.05, 0.1) is 7.11 Å². The predicted octanol–water partition coefficient (Wildman–Crippen LogP) is 2.45. The Morgan fingerprint density at radius 2 is 2.06 bits per heavy atom. The van der Waals surface area contributed by atoms with E-state index in [1.54, 1.807) is 19.4 Å². The van der Waals surface area contributed by atoms with Crippen LogP contribution in [0.2, 0.25) is 0 Å². The van der Waals surface area contributed by atoms with Crippen molar-refractivity contribution in [3.8, 4) is 5.88 Å². The number of nitrogens with one attached hydrogen (secondary N) is 1. The first-order valence-electron chi connectivity index (χ1n) is 5.95. The molecule has 1 aromatic carbocycles. The van der Waals surface area contributed by atoms with Gasteiger partial charge in [-0.1, -0.05) is 24.3 Å². The number of hydrogen-bond acceptors (Lipinski definition) is 4. The third-order valence-electron chi connectivity index (χ3n) is 2.78. The average molecular weight is 243 g/mol. The molecule has 0 bridgehead atoms. The second kappa shape index (κ2) is 6.00. The Hall–Kier alpha value is -2.10. The summed E-state index contributed by atoms with van der Waals surface area (Å²) in [5.74, 6) is 1.17. The molecule has 2 rings (SSSR count). The van der Waals surface area contributed by atoms with Crippen molar-refractivity contribution in [2.45, 2.75) is 13.3 Å². The van der Waals surface area contributed by atoms with E-state index >= 15 is 0 Å². The predicted molar refractivity (Wildman–Crippen MR) is 72.0 cm³/mol. The van der Waals surface area contributed by atoms with Crippen molar-refractivity contribution in [3.05, 3.63) is 47.7 Å². The number of methoxy groups -OCH3 is 1. The lowest BCUT2D eigenvalue weighted by Gasteiger charge is -2.07. The maximum Gasteiger partial charge on any atom is 0.225 e. The van der Waals surface area contributed by atoms with Crippen molar-refractivity contribution in [3.63, 3.8) is 0 Å². The van der Waals surface area contributed by atoms with Gasteiger partial charge in [0, 0.05) is 18.8 Å². The van der Waals surface area contributed by atoms with Crippen LogP contribution in [0.1, 0.15) is 11.1 Å². The summed E-state index contributed by atoms with van der Waals surface area (Å²) in [5, 5.41) is 3.19. The number of nitrogens with zero attached hydrogens (tertiary/aromatic N) is 2. The van der Waals surface area contributed by atoms with Crippen molar-refractivity contribution >= 4 is 5.95 Å². The van der Waals surface area contributed by atoms with Crippen LogP contribution >= 0.6 is 0 Å². The first-order valence-corrected chi connectivity index (χ1v) is 5.95. The van der Waals surface area contributed by atoms with Crippen LogP contribution in [-0.2, 0) is 6.42 Å². The first kappa shape index (κ1) is 12.4. The molecule has 0 unspecified atom stereocenters. The molecule has 18 heavy (non-hydrogen) atoms. The normalized spacial score (nSPS) is 10.1. The minimum atomic E-state index is 0.573. The van der Waals surface area contributed by atoms with Gasteiger partial charge in [-0.15, -0.1) is 0 Å². The van der Waals surface area contributed by atoms with Crippen LogP contribution in [0.25, 0.3) is 0 Å². The van der Waals surface area contributed by atoms with Crippen molar-refractivity contribution in [1.29, 1.82) is 0 Å². The van der Waals surface area contributed by atoms with E-state index in [4.69, 9.17) is 4.74 Å². The molecule has 4 heteroatoms. The summed E-state index contributed by atoms with van der Waals surface area (Å²) in [4.78, 5) is 8.34. The number of ether oxygens (including phenoxy) is 1. The molecule has 0 saturated carbocycles. The van der Waals surface area contributed by atoms with Gasteiger partial charge >= 0.3 is 0 Å². The van der Waals surface area contributed by atoms with Crippen molar-refractivity contribution in [2.75, 3.05) is 19.0 Å². The summed E-state index contributed by atoms with van der Waals surface area (Å²) in [6.45, 7) is 2.93. The number of hydrogen-bond donors (Lipinski definition) is 1.